The fourth-order valence-electron chi connectivity index (χ4n) is 2.74. The molecular formula is C22H27NO5. The molecule has 1 amide bonds. The zero-order valence-electron chi connectivity index (χ0n) is 16.0. The molecule has 0 aliphatic carbocycles. The Morgan fingerprint density at radius 2 is 1.64 bits per heavy atom. The first-order valence-electron chi connectivity index (χ1n) is 9.35. The Morgan fingerprint density at radius 1 is 1.00 bits per heavy atom. The maximum absolute atomic E-state index is 12.3. The highest BCUT2D eigenvalue weighted by Gasteiger charge is 2.29. The normalized spacial score (nSPS) is 12.8. The van der Waals surface area contributed by atoms with Gasteiger partial charge in [0, 0.05) is 12.2 Å². The standard InChI is InChI=1S/C22H27NO5/c1-27-22(26)20(23-21(25)18-12-6-3-7-13-18)19(24)14-8-9-15-28-16-17-10-4-2-5-11-17/h2-7,10-13,19-20,24H,8-9,14-16H2,1H3,(H,23,25)/t19-,20+/m1/s1. The smallest absolute Gasteiger partial charge is 0.331 e. The van der Waals surface area contributed by atoms with Crippen LogP contribution in [0.4, 0.5) is 0 Å². The van der Waals surface area contributed by atoms with Crippen molar-refractivity contribution in [3.63, 3.8) is 0 Å². The van der Waals surface area contributed by atoms with Crippen LogP contribution >= 0.6 is 0 Å². The number of ether oxygens (including phenoxy) is 2. The second kappa shape index (κ2) is 11.9. The lowest BCUT2D eigenvalue weighted by Gasteiger charge is -2.22. The number of aliphatic hydroxyl groups is 1. The molecule has 0 fully saturated rings. The average molecular weight is 385 g/mol. The van der Waals surface area contributed by atoms with Gasteiger partial charge in [0.2, 0.25) is 0 Å². The first kappa shape index (κ1) is 21.6. The van der Waals surface area contributed by atoms with E-state index in [0.717, 1.165) is 12.0 Å². The molecule has 2 aromatic carbocycles. The average Bonchev–Trinajstić information content (AvgIpc) is 2.74. The van der Waals surface area contributed by atoms with E-state index in [9.17, 15) is 14.7 Å². The second-order valence-corrected chi connectivity index (χ2v) is 6.44. The SMILES string of the molecule is COC(=O)[C@@H](NC(=O)c1ccccc1)[C@H](O)CCCCOCc1ccccc1. The van der Waals surface area contributed by atoms with Crippen LogP contribution in [0.1, 0.15) is 35.2 Å². The Bertz CT molecular complexity index is 720. The lowest BCUT2D eigenvalue weighted by molar-refractivity contribution is -0.146. The molecule has 0 bridgehead atoms. The van der Waals surface area contributed by atoms with E-state index in [1.807, 2.05) is 30.3 Å². The molecule has 0 radical (unpaired) electrons. The molecule has 0 aromatic heterocycles. The lowest BCUT2D eigenvalue weighted by atomic mass is 10.0. The largest absolute Gasteiger partial charge is 0.467 e. The van der Waals surface area contributed by atoms with Crippen LogP contribution in [0.25, 0.3) is 0 Å². The van der Waals surface area contributed by atoms with E-state index in [2.05, 4.69) is 5.32 Å². The minimum absolute atomic E-state index is 0.351. The van der Waals surface area contributed by atoms with Crippen LogP contribution in [0, 0.1) is 0 Å². The molecule has 0 spiro atoms. The van der Waals surface area contributed by atoms with Gasteiger partial charge in [-0.1, -0.05) is 48.5 Å². The molecule has 0 aliphatic heterocycles. The summed E-state index contributed by atoms with van der Waals surface area (Å²) in [6, 6.07) is 17.3. The summed E-state index contributed by atoms with van der Waals surface area (Å²) in [4.78, 5) is 24.3. The number of methoxy groups -OCH3 is 1. The van der Waals surface area contributed by atoms with Crippen molar-refractivity contribution in [3.8, 4) is 0 Å². The minimum atomic E-state index is -1.11. The van der Waals surface area contributed by atoms with Crippen LogP contribution in [-0.4, -0.2) is 42.8 Å². The van der Waals surface area contributed by atoms with E-state index in [0.29, 0.717) is 31.6 Å². The van der Waals surface area contributed by atoms with Crippen LogP contribution in [0.15, 0.2) is 60.7 Å². The fourth-order valence-corrected chi connectivity index (χ4v) is 2.74. The van der Waals surface area contributed by atoms with E-state index >= 15 is 0 Å². The number of rotatable bonds is 11. The quantitative estimate of drug-likeness (QED) is 0.459. The molecular weight excluding hydrogens is 358 g/mol. The molecule has 2 rings (SSSR count). The zero-order valence-corrected chi connectivity index (χ0v) is 16.0. The van der Waals surface area contributed by atoms with Crippen LogP contribution in [0.3, 0.4) is 0 Å². The van der Waals surface area contributed by atoms with Crippen molar-refractivity contribution in [2.45, 2.75) is 38.0 Å². The van der Waals surface area contributed by atoms with Gasteiger partial charge in [0.1, 0.15) is 0 Å². The van der Waals surface area contributed by atoms with Gasteiger partial charge in [0.05, 0.1) is 19.8 Å². The van der Waals surface area contributed by atoms with Crippen molar-refractivity contribution in [1.82, 2.24) is 5.32 Å². The number of carbonyl (C=O) groups is 2. The Balaban J connectivity index is 1.75. The molecule has 6 nitrogen and oxygen atoms in total. The molecule has 28 heavy (non-hydrogen) atoms. The van der Waals surface area contributed by atoms with Gasteiger partial charge in [0.25, 0.3) is 5.91 Å². The van der Waals surface area contributed by atoms with E-state index in [1.165, 1.54) is 7.11 Å². The molecule has 2 atom stereocenters. The lowest BCUT2D eigenvalue weighted by Crippen LogP contribution is -2.49. The number of carbonyl (C=O) groups excluding carboxylic acids is 2. The highest BCUT2D eigenvalue weighted by atomic mass is 16.5. The van der Waals surface area contributed by atoms with Crippen molar-refractivity contribution >= 4 is 11.9 Å². The summed E-state index contributed by atoms with van der Waals surface area (Å²) in [6.07, 6.45) is 0.716. The van der Waals surface area contributed by atoms with Crippen molar-refractivity contribution in [2.75, 3.05) is 13.7 Å². The molecule has 0 unspecified atom stereocenters. The van der Waals surface area contributed by atoms with Gasteiger partial charge in [-0.15, -0.1) is 0 Å². The van der Waals surface area contributed by atoms with Gasteiger partial charge in [-0.25, -0.2) is 4.79 Å². The Labute approximate surface area is 165 Å². The summed E-state index contributed by atoms with van der Waals surface area (Å²) >= 11 is 0. The Kier molecular flexibility index (Phi) is 9.18. The first-order valence-corrected chi connectivity index (χ1v) is 9.35. The number of hydrogen-bond acceptors (Lipinski definition) is 5. The summed E-state index contributed by atoms with van der Waals surface area (Å²) in [5.74, 6) is -1.10. The summed E-state index contributed by atoms with van der Waals surface area (Å²) in [5.41, 5.74) is 1.52. The molecule has 150 valence electrons. The third kappa shape index (κ3) is 7.13. The number of benzene rings is 2. The molecule has 6 heteroatoms. The van der Waals surface area contributed by atoms with Crippen molar-refractivity contribution in [3.05, 3.63) is 71.8 Å². The van der Waals surface area contributed by atoms with Gasteiger partial charge in [-0.3, -0.25) is 4.79 Å². The van der Waals surface area contributed by atoms with Gasteiger partial charge in [0.15, 0.2) is 6.04 Å². The number of unbranched alkanes of at least 4 members (excludes halogenated alkanes) is 1. The van der Waals surface area contributed by atoms with Crippen LogP contribution in [0.2, 0.25) is 0 Å². The summed E-state index contributed by atoms with van der Waals surface area (Å²) in [5, 5.41) is 12.9. The maximum Gasteiger partial charge on any atom is 0.331 e. The monoisotopic (exact) mass is 385 g/mol. The Morgan fingerprint density at radius 3 is 2.29 bits per heavy atom. The molecule has 0 saturated carbocycles. The molecule has 0 aliphatic rings. The summed E-state index contributed by atoms with van der Waals surface area (Å²) in [6.45, 7) is 1.10. The number of nitrogens with one attached hydrogen (secondary N) is 1. The van der Waals surface area contributed by atoms with Gasteiger partial charge in [-0.2, -0.15) is 0 Å². The van der Waals surface area contributed by atoms with E-state index < -0.39 is 24.0 Å². The van der Waals surface area contributed by atoms with Crippen molar-refractivity contribution < 1.29 is 24.2 Å². The molecule has 2 aromatic rings. The zero-order chi connectivity index (χ0) is 20.2. The van der Waals surface area contributed by atoms with Crippen LogP contribution in [-0.2, 0) is 20.9 Å². The predicted molar refractivity (Wildman–Crippen MR) is 106 cm³/mol. The number of aliphatic hydroxyl groups excluding tert-OH is 1. The summed E-state index contributed by atoms with van der Waals surface area (Å²) in [7, 11) is 1.23. The van der Waals surface area contributed by atoms with Crippen LogP contribution < -0.4 is 5.32 Å². The van der Waals surface area contributed by atoms with Gasteiger partial charge < -0.3 is 19.9 Å². The first-order chi connectivity index (χ1) is 13.6. The van der Waals surface area contributed by atoms with E-state index in [1.54, 1.807) is 30.3 Å². The maximum atomic E-state index is 12.3. The second-order valence-electron chi connectivity index (χ2n) is 6.44. The third-order valence-electron chi connectivity index (χ3n) is 4.31. The van der Waals surface area contributed by atoms with Crippen molar-refractivity contribution in [2.24, 2.45) is 0 Å². The highest BCUT2D eigenvalue weighted by molar-refractivity contribution is 5.96. The molecule has 0 heterocycles. The minimum Gasteiger partial charge on any atom is -0.467 e. The van der Waals surface area contributed by atoms with Crippen LogP contribution in [0.5, 0.6) is 0 Å². The van der Waals surface area contributed by atoms with E-state index in [4.69, 9.17) is 9.47 Å². The van der Waals surface area contributed by atoms with Crippen molar-refractivity contribution in [1.29, 1.82) is 0 Å². The topological polar surface area (TPSA) is 84.9 Å². The molecule has 2 N–H and O–H groups in total. The predicted octanol–water partition coefficient (Wildman–Crippen LogP) is 2.71. The molecule has 0 saturated heterocycles. The number of hydrogen-bond donors (Lipinski definition) is 2. The number of amides is 1. The van der Waals surface area contributed by atoms with E-state index in [-0.39, 0.29) is 0 Å². The van der Waals surface area contributed by atoms with Gasteiger partial charge in [-0.05, 0) is 37.0 Å². The van der Waals surface area contributed by atoms with Gasteiger partial charge >= 0.3 is 5.97 Å². The fraction of sp³-hybridized carbons (Fsp3) is 0.364. The third-order valence-corrected chi connectivity index (χ3v) is 4.31. The highest BCUT2D eigenvalue weighted by Crippen LogP contribution is 2.09. The number of esters is 1. The Hall–Kier alpha value is -2.70. The summed E-state index contributed by atoms with van der Waals surface area (Å²) < 4.78 is 10.3.